The molecule has 1 aliphatic rings. The lowest BCUT2D eigenvalue weighted by molar-refractivity contribution is 0.102. The number of fused-ring (bicyclic) bond motifs is 1. The van der Waals surface area contributed by atoms with E-state index in [0.717, 1.165) is 27.3 Å². The second-order valence-electron chi connectivity index (χ2n) is 7.17. The first kappa shape index (κ1) is 19.8. The van der Waals surface area contributed by atoms with Crippen LogP contribution in [0.2, 0.25) is 0 Å². The van der Waals surface area contributed by atoms with Crippen LogP contribution in [0.25, 0.3) is 0 Å². The fraction of sp³-hybridized carbons (Fsp3) is 0.300. The Kier molecular flexibility index (Phi) is 5.05. The van der Waals surface area contributed by atoms with E-state index in [1.54, 1.807) is 6.07 Å². The number of furan rings is 1. The molecule has 1 aliphatic heterocycles. The van der Waals surface area contributed by atoms with Crippen molar-refractivity contribution in [3.8, 4) is 0 Å². The van der Waals surface area contributed by atoms with Crippen LogP contribution in [0.3, 0.4) is 0 Å². The number of carbonyl (C=O) groups is 1. The van der Waals surface area contributed by atoms with E-state index < -0.39 is 10.0 Å². The number of rotatable bonds is 4. The van der Waals surface area contributed by atoms with E-state index in [0.29, 0.717) is 28.6 Å². The first-order valence-electron chi connectivity index (χ1n) is 9.16. The zero-order valence-corrected chi connectivity index (χ0v) is 18.0. The van der Waals surface area contributed by atoms with Gasteiger partial charge in [0, 0.05) is 17.8 Å². The molecule has 1 N–H and O–H groups in total. The van der Waals surface area contributed by atoms with Gasteiger partial charge in [-0.1, -0.05) is 17.7 Å². The Balaban J connectivity index is 1.57. The molecule has 0 radical (unpaired) electrons. The fourth-order valence-electron chi connectivity index (χ4n) is 3.70. The lowest BCUT2D eigenvalue weighted by Crippen LogP contribution is -2.36. The molecule has 0 unspecified atom stereocenters. The first-order valence-corrected chi connectivity index (χ1v) is 11.4. The van der Waals surface area contributed by atoms with E-state index in [1.807, 2.05) is 32.9 Å². The van der Waals surface area contributed by atoms with Gasteiger partial charge in [-0.2, -0.15) is 4.31 Å². The number of carbonyl (C=O) groups excluding carboxylic acids is 1. The van der Waals surface area contributed by atoms with Gasteiger partial charge in [-0.15, -0.1) is 11.3 Å². The number of amides is 1. The van der Waals surface area contributed by atoms with E-state index in [4.69, 9.17) is 4.42 Å². The van der Waals surface area contributed by atoms with Crippen molar-refractivity contribution < 1.29 is 17.6 Å². The summed E-state index contributed by atoms with van der Waals surface area (Å²) in [5.41, 5.74) is 3.80. The number of hydrogen-bond acceptors (Lipinski definition) is 6. The molecule has 9 heteroatoms. The van der Waals surface area contributed by atoms with Crippen molar-refractivity contribution in [2.45, 2.75) is 38.6 Å². The van der Waals surface area contributed by atoms with E-state index >= 15 is 0 Å². The van der Waals surface area contributed by atoms with Crippen molar-refractivity contribution in [2.75, 3.05) is 11.9 Å². The smallest absolute Gasteiger partial charge is 0.260 e. The summed E-state index contributed by atoms with van der Waals surface area (Å²) >= 11 is 1.31. The Morgan fingerprint density at radius 2 is 1.97 bits per heavy atom. The maximum atomic E-state index is 13.3. The number of nitrogens with zero attached hydrogens (tertiary/aromatic N) is 2. The summed E-state index contributed by atoms with van der Waals surface area (Å²) in [4.78, 5) is 17.9. The molecule has 3 aromatic rings. The first-order chi connectivity index (χ1) is 13.8. The highest BCUT2D eigenvalue weighted by molar-refractivity contribution is 7.89. The summed E-state index contributed by atoms with van der Waals surface area (Å²) in [6.07, 6.45) is 3.31. The average Bonchev–Trinajstić information content (AvgIpc) is 3.29. The van der Waals surface area contributed by atoms with Gasteiger partial charge in [-0.25, -0.2) is 13.4 Å². The Morgan fingerprint density at radius 1 is 1.24 bits per heavy atom. The second-order valence-corrected chi connectivity index (χ2v) is 10.1. The molecular formula is C20H21N3O4S2. The third-order valence-corrected chi connectivity index (χ3v) is 8.05. The fourth-order valence-corrected chi connectivity index (χ4v) is 6.62. The van der Waals surface area contributed by atoms with Crippen LogP contribution in [0.15, 0.2) is 40.0 Å². The molecule has 0 saturated carbocycles. The molecule has 0 bridgehead atoms. The summed E-state index contributed by atoms with van der Waals surface area (Å²) in [6, 6.07) is 5.36. The van der Waals surface area contributed by atoms with E-state index in [-0.39, 0.29) is 12.5 Å². The SMILES string of the molecule is Cc1cc(C)c(S(=O)(=O)N2CCc3nc(NC(=O)c4ccoc4)sc3C2)c(C)c1. The molecule has 1 aromatic carbocycles. The van der Waals surface area contributed by atoms with E-state index in [2.05, 4.69) is 10.3 Å². The van der Waals surface area contributed by atoms with Gasteiger partial charge in [0.1, 0.15) is 6.26 Å². The lowest BCUT2D eigenvalue weighted by atomic mass is 10.1. The number of benzene rings is 1. The molecule has 0 spiro atoms. The topological polar surface area (TPSA) is 92.5 Å². The molecule has 152 valence electrons. The minimum Gasteiger partial charge on any atom is -0.472 e. The van der Waals surface area contributed by atoms with Crippen LogP contribution >= 0.6 is 11.3 Å². The lowest BCUT2D eigenvalue weighted by Gasteiger charge is -2.27. The van der Waals surface area contributed by atoms with Crippen LogP contribution in [0, 0.1) is 20.8 Å². The number of sulfonamides is 1. The number of hydrogen-bond donors (Lipinski definition) is 1. The van der Waals surface area contributed by atoms with Crippen molar-refractivity contribution in [2.24, 2.45) is 0 Å². The molecule has 0 fully saturated rings. The molecule has 0 saturated heterocycles. The molecule has 2 aromatic heterocycles. The Bertz CT molecular complexity index is 1160. The third kappa shape index (κ3) is 3.73. The van der Waals surface area contributed by atoms with Gasteiger partial charge < -0.3 is 4.42 Å². The van der Waals surface area contributed by atoms with Gasteiger partial charge >= 0.3 is 0 Å². The molecule has 0 aliphatic carbocycles. The number of thiazole rings is 1. The number of nitrogens with one attached hydrogen (secondary N) is 1. The highest BCUT2D eigenvalue weighted by Gasteiger charge is 2.32. The molecule has 3 heterocycles. The monoisotopic (exact) mass is 431 g/mol. The van der Waals surface area contributed by atoms with Crippen LogP contribution in [0.4, 0.5) is 5.13 Å². The summed E-state index contributed by atoms with van der Waals surface area (Å²) < 4.78 is 33.1. The van der Waals surface area contributed by atoms with Gasteiger partial charge in [-0.3, -0.25) is 10.1 Å². The predicted molar refractivity (Wildman–Crippen MR) is 111 cm³/mol. The number of aryl methyl sites for hydroxylation is 3. The minimum atomic E-state index is -3.62. The summed E-state index contributed by atoms with van der Waals surface area (Å²) in [6.45, 7) is 6.24. The predicted octanol–water partition coefficient (Wildman–Crippen LogP) is 3.66. The number of anilines is 1. The van der Waals surface area contributed by atoms with Crippen LogP contribution in [-0.4, -0.2) is 30.2 Å². The minimum absolute atomic E-state index is 0.254. The quantitative estimate of drug-likeness (QED) is 0.681. The van der Waals surface area contributed by atoms with Crippen molar-refractivity contribution >= 4 is 32.4 Å². The summed E-state index contributed by atoms with van der Waals surface area (Å²) in [7, 11) is -3.62. The molecule has 4 rings (SSSR count). The Hall–Kier alpha value is -2.49. The normalized spacial score (nSPS) is 14.6. The van der Waals surface area contributed by atoms with Gasteiger partial charge in [0.25, 0.3) is 5.91 Å². The molecule has 7 nitrogen and oxygen atoms in total. The second kappa shape index (κ2) is 7.40. The zero-order chi connectivity index (χ0) is 20.8. The standard InChI is InChI=1S/C20H21N3O4S2/c1-12-8-13(2)18(14(3)9-12)29(25,26)23-6-4-16-17(10-23)28-20(21-16)22-19(24)15-5-7-27-11-15/h5,7-9,11H,4,6,10H2,1-3H3,(H,21,22,24). The van der Waals surface area contributed by atoms with Gasteiger partial charge in [-0.05, 0) is 38.0 Å². The van der Waals surface area contributed by atoms with Crippen LogP contribution in [-0.2, 0) is 23.0 Å². The zero-order valence-electron chi connectivity index (χ0n) is 16.4. The third-order valence-electron chi connectivity index (χ3n) is 4.90. The van der Waals surface area contributed by atoms with E-state index in [9.17, 15) is 13.2 Å². The van der Waals surface area contributed by atoms with Crippen molar-refractivity contribution in [3.05, 3.63) is 63.6 Å². The Morgan fingerprint density at radius 3 is 2.62 bits per heavy atom. The maximum Gasteiger partial charge on any atom is 0.260 e. The van der Waals surface area contributed by atoms with Crippen molar-refractivity contribution in [1.29, 1.82) is 0 Å². The van der Waals surface area contributed by atoms with Crippen LogP contribution < -0.4 is 5.32 Å². The maximum absolute atomic E-state index is 13.3. The molecule has 29 heavy (non-hydrogen) atoms. The Labute approximate surface area is 173 Å². The highest BCUT2D eigenvalue weighted by atomic mass is 32.2. The highest BCUT2D eigenvalue weighted by Crippen LogP contribution is 2.33. The van der Waals surface area contributed by atoms with Gasteiger partial charge in [0.15, 0.2) is 5.13 Å². The molecule has 0 atom stereocenters. The van der Waals surface area contributed by atoms with Gasteiger partial charge in [0.2, 0.25) is 10.0 Å². The largest absolute Gasteiger partial charge is 0.472 e. The summed E-state index contributed by atoms with van der Waals surface area (Å²) in [5, 5.41) is 3.21. The van der Waals surface area contributed by atoms with E-state index in [1.165, 1.54) is 28.2 Å². The van der Waals surface area contributed by atoms with Crippen molar-refractivity contribution in [3.63, 3.8) is 0 Å². The summed E-state index contributed by atoms with van der Waals surface area (Å²) in [5.74, 6) is -0.305. The number of aromatic nitrogens is 1. The average molecular weight is 432 g/mol. The molecule has 1 amide bonds. The van der Waals surface area contributed by atoms with Crippen LogP contribution in [0.5, 0.6) is 0 Å². The van der Waals surface area contributed by atoms with Crippen LogP contribution in [0.1, 0.15) is 37.6 Å². The van der Waals surface area contributed by atoms with Gasteiger partial charge in [0.05, 0.1) is 29.0 Å². The molecular weight excluding hydrogens is 410 g/mol. The van der Waals surface area contributed by atoms with Crippen molar-refractivity contribution in [1.82, 2.24) is 9.29 Å².